The lowest BCUT2D eigenvalue weighted by molar-refractivity contribution is -0.120. The van der Waals surface area contributed by atoms with Crippen LogP contribution >= 0.6 is 11.8 Å². The summed E-state index contributed by atoms with van der Waals surface area (Å²) in [5.74, 6) is 0.782. The first-order chi connectivity index (χ1) is 6.72. The molecule has 0 aliphatic carbocycles. The van der Waals surface area contributed by atoms with Crippen molar-refractivity contribution < 1.29 is 4.79 Å². The summed E-state index contributed by atoms with van der Waals surface area (Å²) in [5.41, 5.74) is 6.14. The van der Waals surface area contributed by atoms with Crippen molar-refractivity contribution in [3.8, 4) is 0 Å². The first-order valence-electron chi connectivity index (χ1n) is 4.27. The van der Waals surface area contributed by atoms with Crippen molar-refractivity contribution in [2.75, 3.05) is 18.5 Å². The van der Waals surface area contributed by atoms with E-state index in [-0.39, 0.29) is 5.91 Å². The van der Waals surface area contributed by atoms with Gasteiger partial charge in [0.25, 0.3) is 0 Å². The first-order valence-corrected chi connectivity index (χ1v) is 5.26. The van der Waals surface area contributed by atoms with Crippen LogP contribution in [0.5, 0.6) is 0 Å². The van der Waals surface area contributed by atoms with E-state index in [0.717, 1.165) is 10.8 Å². The van der Waals surface area contributed by atoms with E-state index in [1.165, 1.54) is 0 Å². The van der Waals surface area contributed by atoms with Crippen LogP contribution in [0.25, 0.3) is 0 Å². The van der Waals surface area contributed by atoms with Crippen LogP contribution in [-0.4, -0.2) is 23.7 Å². The summed E-state index contributed by atoms with van der Waals surface area (Å²) in [4.78, 5) is 15.0. The molecule has 1 amide bonds. The van der Waals surface area contributed by atoms with Gasteiger partial charge in [-0.05, 0) is 12.1 Å². The van der Waals surface area contributed by atoms with Crippen LogP contribution in [0.1, 0.15) is 6.42 Å². The highest BCUT2D eigenvalue weighted by atomic mass is 32.2. The predicted molar refractivity (Wildman–Crippen MR) is 58.1 cm³/mol. The Hall–Kier alpha value is -1.23. The average Bonchev–Trinajstić information content (AvgIpc) is 2.21. The number of nitrogen functional groups attached to an aromatic ring is 1. The second kappa shape index (κ2) is 5.49. The molecule has 1 rings (SSSR count). The van der Waals surface area contributed by atoms with Gasteiger partial charge >= 0.3 is 0 Å². The number of nitrogens with zero attached hydrogens (tertiary/aromatic N) is 1. The maximum Gasteiger partial charge on any atom is 0.220 e. The molecule has 0 saturated heterocycles. The maximum atomic E-state index is 10.9. The van der Waals surface area contributed by atoms with Crippen LogP contribution in [0.4, 0.5) is 5.69 Å². The van der Waals surface area contributed by atoms with Gasteiger partial charge in [0.2, 0.25) is 5.91 Å². The van der Waals surface area contributed by atoms with Crippen molar-refractivity contribution in [2.45, 2.75) is 11.4 Å². The van der Waals surface area contributed by atoms with Gasteiger partial charge in [0.1, 0.15) is 0 Å². The molecule has 4 nitrogen and oxygen atoms in total. The van der Waals surface area contributed by atoms with Crippen LogP contribution in [-0.2, 0) is 4.79 Å². The molecular weight excluding hydrogens is 198 g/mol. The van der Waals surface area contributed by atoms with Gasteiger partial charge in [-0.3, -0.25) is 4.79 Å². The number of anilines is 1. The fraction of sp³-hybridized carbons (Fsp3) is 0.333. The molecule has 0 radical (unpaired) electrons. The van der Waals surface area contributed by atoms with Crippen molar-refractivity contribution >= 4 is 23.4 Å². The Kier molecular flexibility index (Phi) is 4.25. The molecule has 0 saturated carbocycles. The standard InChI is InChI=1S/C9H13N3OS/c1-11-8(13)4-5-14-9-3-2-7(10)6-12-9/h2-3,6H,4-5,10H2,1H3,(H,11,13). The number of hydrogen-bond acceptors (Lipinski definition) is 4. The number of pyridine rings is 1. The lowest BCUT2D eigenvalue weighted by Crippen LogP contribution is -2.17. The van der Waals surface area contributed by atoms with Crippen molar-refractivity contribution in [2.24, 2.45) is 0 Å². The Morgan fingerprint density at radius 3 is 3.00 bits per heavy atom. The third-order valence-electron chi connectivity index (χ3n) is 1.62. The number of nitrogens with one attached hydrogen (secondary N) is 1. The summed E-state index contributed by atoms with van der Waals surface area (Å²) in [5, 5.41) is 3.46. The average molecular weight is 211 g/mol. The molecule has 0 spiro atoms. The summed E-state index contributed by atoms with van der Waals surface area (Å²) < 4.78 is 0. The topological polar surface area (TPSA) is 68.0 Å². The molecule has 0 unspecified atom stereocenters. The molecule has 5 heteroatoms. The fourth-order valence-corrected chi connectivity index (χ4v) is 1.64. The zero-order valence-corrected chi connectivity index (χ0v) is 8.80. The molecule has 14 heavy (non-hydrogen) atoms. The smallest absolute Gasteiger partial charge is 0.220 e. The highest BCUT2D eigenvalue weighted by Crippen LogP contribution is 2.16. The SMILES string of the molecule is CNC(=O)CCSc1ccc(N)cn1. The maximum absolute atomic E-state index is 10.9. The summed E-state index contributed by atoms with van der Waals surface area (Å²) in [6.45, 7) is 0. The zero-order valence-electron chi connectivity index (χ0n) is 7.99. The molecule has 1 aromatic rings. The molecule has 0 atom stereocenters. The van der Waals surface area contributed by atoms with E-state index >= 15 is 0 Å². The molecular formula is C9H13N3OS. The van der Waals surface area contributed by atoms with Gasteiger partial charge in [0.15, 0.2) is 0 Å². The Morgan fingerprint density at radius 2 is 2.43 bits per heavy atom. The third kappa shape index (κ3) is 3.66. The number of amides is 1. The minimum atomic E-state index is 0.0490. The van der Waals surface area contributed by atoms with Crippen molar-refractivity contribution in [1.82, 2.24) is 10.3 Å². The van der Waals surface area contributed by atoms with Crippen molar-refractivity contribution in [3.63, 3.8) is 0 Å². The molecule has 0 aliphatic heterocycles. The molecule has 0 aromatic carbocycles. The molecule has 0 fully saturated rings. The number of rotatable bonds is 4. The Balaban J connectivity index is 2.31. The number of carbonyl (C=O) groups excluding carboxylic acids is 1. The molecule has 0 bridgehead atoms. The van der Waals surface area contributed by atoms with Gasteiger partial charge in [-0.25, -0.2) is 4.98 Å². The normalized spacial score (nSPS) is 9.79. The van der Waals surface area contributed by atoms with Gasteiger partial charge < -0.3 is 11.1 Å². The number of hydrogen-bond donors (Lipinski definition) is 2. The zero-order chi connectivity index (χ0) is 10.4. The number of nitrogens with two attached hydrogens (primary N) is 1. The minimum absolute atomic E-state index is 0.0490. The summed E-state index contributed by atoms with van der Waals surface area (Å²) in [6.07, 6.45) is 2.12. The van der Waals surface area contributed by atoms with Gasteiger partial charge in [-0.1, -0.05) is 0 Å². The number of thioether (sulfide) groups is 1. The van der Waals surface area contributed by atoms with E-state index in [1.54, 1.807) is 31.1 Å². The van der Waals surface area contributed by atoms with Crippen LogP contribution in [0, 0.1) is 0 Å². The first kappa shape index (κ1) is 10.8. The van der Waals surface area contributed by atoms with Crippen LogP contribution in [0.15, 0.2) is 23.4 Å². The third-order valence-corrected chi connectivity index (χ3v) is 2.56. The highest BCUT2D eigenvalue weighted by Gasteiger charge is 1.99. The Labute approximate surface area is 87.3 Å². The molecule has 76 valence electrons. The van der Waals surface area contributed by atoms with Crippen LogP contribution in [0.2, 0.25) is 0 Å². The Bertz CT molecular complexity index is 299. The second-order valence-corrected chi connectivity index (χ2v) is 3.82. The van der Waals surface area contributed by atoms with Gasteiger partial charge in [-0.2, -0.15) is 0 Å². The summed E-state index contributed by atoms with van der Waals surface area (Å²) in [7, 11) is 1.63. The predicted octanol–water partition coefficient (Wildman–Crippen LogP) is 0.892. The Morgan fingerprint density at radius 1 is 1.64 bits per heavy atom. The van der Waals surface area contributed by atoms with E-state index in [4.69, 9.17) is 5.73 Å². The van der Waals surface area contributed by atoms with Crippen molar-refractivity contribution in [1.29, 1.82) is 0 Å². The molecule has 0 aliphatic rings. The van der Waals surface area contributed by atoms with Gasteiger partial charge in [0, 0.05) is 19.2 Å². The largest absolute Gasteiger partial charge is 0.397 e. The second-order valence-electron chi connectivity index (χ2n) is 2.70. The summed E-state index contributed by atoms with van der Waals surface area (Å²) >= 11 is 1.55. The van der Waals surface area contributed by atoms with E-state index in [9.17, 15) is 4.79 Å². The molecule has 3 N–H and O–H groups in total. The number of aromatic nitrogens is 1. The van der Waals surface area contributed by atoms with Gasteiger partial charge in [0.05, 0.1) is 16.9 Å². The highest BCUT2D eigenvalue weighted by molar-refractivity contribution is 7.99. The van der Waals surface area contributed by atoms with E-state index in [1.807, 2.05) is 6.07 Å². The van der Waals surface area contributed by atoms with E-state index in [2.05, 4.69) is 10.3 Å². The van der Waals surface area contributed by atoms with Crippen LogP contribution in [0.3, 0.4) is 0 Å². The van der Waals surface area contributed by atoms with E-state index < -0.39 is 0 Å². The molecule has 1 heterocycles. The monoisotopic (exact) mass is 211 g/mol. The van der Waals surface area contributed by atoms with E-state index in [0.29, 0.717) is 12.1 Å². The minimum Gasteiger partial charge on any atom is -0.397 e. The van der Waals surface area contributed by atoms with Crippen LogP contribution < -0.4 is 11.1 Å². The van der Waals surface area contributed by atoms with Gasteiger partial charge in [-0.15, -0.1) is 11.8 Å². The summed E-state index contributed by atoms with van der Waals surface area (Å²) in [6, 6.07) is 3.65. The lowest BCUT2D eigenvalue weighted by atomic mass is 10.4. The number of carbonyl (C=O) groups is 1. The van der Waals surface area contributed by atoms with Crippen molar-refractivity contribution in [3.05, 3.63) is 18.3 Å². The lowest BCUT2D eigenvalue weighted by Gasteiger charge is -2.00. The quantitative estimate of drug-likeness (QED) is 0.726. The fourth-order valence-electron chi connectivity index (χ4n) is 0.850. The molecule has 1 aromatic heterocycles.